The summed E-state index contributed by atoms with van der Waals surface area (Å²) in [6.45, 7) is -0.360. The predicted octanol–water partition coefficient (Wildman–Crippen LogP) is 1.44. The number of aliphatic hydroxyl groups is 1. The molecule has 0 saturated carbocycles. The van der Waals surface area contributed by atoms with Gasteiger partial charge in [0.15, 0.2) is 9.84 Å². The first kappa shape index (κ1) is 16.0. The van der Waals surface area contributed by atoms with E-state index in [9.17, 15) is 16.8 Å². The molecule has 2 N–H and O–H groups in total. The molecular weight excluding hydrogens is 334 g/mol. The Kier molecular flexibility index (Phi) is 4.38. The van der Waals surface area contributed by atoms with Gasteiger partial charge in [-0.1, -0.05) is 0 Å². The normalized spacial score (nSPS) is 12.3. The first-order valence-electron chi connectivity index (χ1n) is 5.74. The van der Waals surface area contributed by atoms with Crippen molar-refractivity contribution in [1.82, 2.24) is 0 Å². The van der Waals surface area contributed by atoms with Crippen LogP contribution >= 0.6 is 11.3 Å². The molecule has 2 rings (SSSR count). The standard InChI is InChI=1S/C12H13NO5S3/c1-20(15,16)10-4-2-9(3-5-10)13-21(17,18)12-6-7-19-11(12)8-14/h2-7,13-14H,8H2,1H3. The van der Waals surface area contributed by atoms with Crippen LogP contribution in [-0.4, -0.2) is 28.2 Å². The van der Waals surface area contributed by atoms with Gasteiger partial charge in [0.2, 0.25) is 0 Å². The fourth-order valence-corrected chi connectivity index (χ4v) is 4.65. The summed E-state index contributed by atoms with van der Waals surface area (Å²) in [5.74, 6) is 0. The van der Waals surface area contributed by atoms with Crippen LogP contribution in [0.15, 0.2) is 45.5 Å². The molecule has 9 heteroatoms. The summed E-state index contributed by atoms with van der Waals surface area (Å²) in [5.41, 5.74) is 0.248. The molecule has 0 saturated heterocycles. The SMILES string of the molecule is CS(=O)(=O)c1ccc(NS(=O)(=O)c2ccsc2CO)cc1. The summed E-state index contributed by atoms with van der Waals surface area (Å²) in [7, 11) is -7.14. The Morgan fingerprint density at radius 3 is 2.24 bits per heavy atom. The quantitative estimate of drug-likeness (QED) is 0.852. The maximum Gasteiger partial charge on any atom is 0.263 e. The highest BCUT2D eigenvalue weighted by Crippen LogP contribution is 2.24. The van der Waals surface area contributed by atoms with Gasteiger partial charge in [0.25, 0.3) is 10.0 Å². The van der Waals surface area contributed by atoms with E-state index in [1.165, 1.54) is 30.3 Å². The molecule has 21 heavy (non-hydrogen) atoms. The lowest BCUT2D eigenvalue weighted by Crippen LogP contribution is -2.13. The fraction of sp³-hybridized carbons (Fsp3) is 0.167. The Bertz CT molecular complexity index is 835. The van der Waals surface area contributed by atoms with Crippen LogP contribution in [0.4, 0.5) is 5.69 Å². The minimum Gasteiger partial charge on any atom is -0.391 e. The van der Waals surface area contributed by atoms with Gasteiger partial charge < -0.3 is 5.11 Å². The van der Waals surface area contributed by atoms with E-state index in [0.29, 0.717) is 4.88 Å². The molecule has 1 aromatic carbocycles. The van der Waals surface area contributed by atoms with Crippen LogP contribution in [0.25, 0.3) is 0 Å². The molecule has 0 radical (unpaired) electrons. The van der Waals surface area contributed by atoms with Crippen molar-refractivity contribution in [3.05, 3.63) is 40.6 Å². The van der Waals surface area contributed by atoms with E-state index < -0.39 is 19.9 Å². The average Bonchev–Trinajstić information content (AvgIpc) is 2.87. The van der Waals surface area contributed by atoms with E-state index in [-0.39, 0.29) is 22.1 Å². The van der Waals surface area contributed by atoms with E-state index in [4.69, 9.17) is 5.11 Å². The maximum atomic E-state index is 12.2. The van der Waals surface area contributed by atoms with E-state index in [0.717, 1.165) is 17.6 Å². The van der Waals surface area contributed by atoms with E-state index in [2.05, 4.69) is 4.72 Å². The van der Waals surface area contributed by atoms with Gasteiger partial charge in [-0.05, 0) is 35.7 Å². The van der Waals surface area contributed by atoms with Crippen molar-refractivity contribution in [2.45, 2.75) is 16.4 Å². The van der Waals surface area contributed by atoms with Crippen LogP contribution in [0.5, 0.6) is 0 Å². The number of aliphatic hydroxyl groups excluding tert-OH is 1. The zero-order valence-electron chi connectivity index (χ0n) is 11.0. The monoisotopic (exact) mass is 347 g/mol. The smallest absolute Gasteiger partial charge is 0.263 e. The van der Waals surface area contributed by atoms with Gasteiger partial charge in [0.05, 0.1) is 16.4 Å². The highest BCUT2D eigenvalue weighted by molar-refractivity contribution is 7.93. The summed E-state index contributed by atoms with van der Waals surface area (Å²) in [6.07, 6.45) is 1.07. The second kappa shape index (κ2) is 5.76. The molecule has 1 aromatic heterocycles. The van der Waals surface area contributed by atoms with Crippen molar-refractivity contribution >= 4 is 36.9 Å². The van der Waals surface area contributed by atoms with Gasteiger partial charge in [-0.25, -0.2) is 16.8 Å². The zero-order chi connectivity index (χ0) is 15.7. The largest absolute Gasteiger partial charge is 0.391 e. The highest BCUT2D eigenvalue weighted by atomic mass is 32.2. The van der Waals surface area contributed by atoms with E-state index >= 15 is 0 Å². The van der Waals surface area contributed by atoms with Crippen molar-refractivity contribution in [3.63, 3.8) is 0 Å². The summed E-state index contributed by atoms with van der Waals surface area (Å²) in [4.78, 5) is 0.467. The third-order valence-electron chi connectivity index (χ3n) is 2.67. The Balaban J connectivity index is 2.29. The molecule has 0 aliphatic rings. The topological polar surface area (TPSA) is 101 Å². The number of sulfonamides is 1. The summed E-state index contributed by atoms with van der Waals surface area (Å²) in [6, 6.07) is 6.81. The molecule has 114 valence electrons. The van der Waals surface area contributed by atoms with Crippen molar-refractivity contribution < 1.29 is 21.9 Å². The minimum absolute atomic E-state index is 0.0159. The number of hydrogen-bond acceptors (Lipinski definition) is 6. The highest BCUT2D eigenvalue weighted by Gasteiger charge is 2.19. The summed E-state index contributed by atoms with van der Waals surface area (Å²) >= 11 is 1.14. The molecule has 0 aliphatic carbocycles. The molecule has 2 aromatic rings. The molecule has 0 atom stereocenters. The summed E-state index contributed by atoms with van der Waals surface area (Å²) < 4.78 is 49.4. The van der Waals surface area contributed by atoms with Crippen molar-refractivity contribution in [1.29, 1.82) is 0 Å². The molecule has 0 fully saturated rings. The number of thiophene rings is 1. The number of hydrogen-bond donors (Lipinski definition) is 2. The second-order valence-corrected chi connectivity index (χ2v) is 8.94. The summed E-state index contributed by atoms with van der Waals surface area (Å²) in [5, 5.41) is 10.7. The van der Waals surface area contributed by atoms with Crippen LogP contribution in [0.3, 0.4) is 0 Å². The predicted molar refractivity (Wildman–Crippen MR) is 80.6 cm³/mol. The molecule has 6 nitrogen and oxygen atoms in total. The minimum atomic E-state index is -3.81. The van der Waals surface area contributed by atoms with E-state index in [1.54, 1.807) is 5.38 Å². The lowest BCUT2D eigenvalue weighted by atomic mass is 10.3. The molecule has 0 bridgehead atoms. The van der Waals surface area contributed by atoms with Crippen molar-refractivity contribution in [2.24, 2.45) is 0 Å². The van der Waals surface area contributed by atoms with Gasteiger partial charge in [-0.3, -0.25) is 4.72 Å². The van der Waals surface area contributed by atoms with E-state index in [1.807, 2.05) is 0 Å². The van der Waals surface area contributed by atoms with Gasteiger partial charge in [0, 0.05) is 11.9 Å². The lowest BCUT2D eigenvalue weighted by molar-refractivity contribution is 0.282. The molecular formula is C12H13NO5S3. The van der Waals surface area contributed by atoms with Crippen molar-refractivity contribution in [2.75, 3.05) is 11.0 Å². The average molecular weight is 347 g/mol. The Hall–Kier alpha value is -1.42. The third-order valence-corrected chi connectivity index (χ3v) is 6.30. The number of sulfone groups is 1. The maximum absolute atomic E-state index is 12.2. The molecule has 0 amide bonds. The van der Waals surface area contributed by atoms with Gasteiger partial charge in [0.1, 0.15) is 4.90 Å². The van der Waals surface area contributed by atoms with Gasteiger partial charge in [-0.15, -0.1) is 11.3 Å². The fourth-order valence-electron chi connectivity index (χ4n) is 1.66. The molecule has 0 aliphatic heterocycles. The Morgan fingerprint density at radius 1 is 1.10 bits per heavy atom. The van der Waals surface area contributed by atoms with Crippen LogP contribution < -0.4 is 4.72 Å². The lowest BCUT2D eigenvalue weighted by Gasteiger charge is -2.08. The molecule has 0 unspecified atom stereocenters. The van der Waals surface area contributed by atoms with Crippen molar-refractivity contribution in [3.8, 4) is 0 Å². The van der Waals surface area contributed by atoms with Crippen LogP contribution in [0.1, 0.15) is 4.88 Å². The first-order chi connectivity index (χ1) is 9.74. The number of benzene rings is 1. The zero-order valence-corrected chi connectivity index (χ0v) is 13.4. The molecule has 1 heterocycles. The van der Waals surface area contributed by atoms with Gasteiger partial charge in [-0.2, -0.15) is 0 Å². The number of rotatable bonds is 5. The third kappa shape index (κ3) is 3.62. The van der Waals surface area contributed by atoms with Crippen LogP contribution in [0, 0.1) is 0 Å². The number of anilines is 1. The Morgan fingerprint density at radius 2 is 1.71 bits per heavy atom. The number of nitrogens with one attached hydrogen (secondary N) is 1. The van der Waals surface area contributed by atoms with Gasteiger partial charge >= 0.3 is 0 Å². The molecule has 0 spiro atoms. The Labute approximate surface area is 127 Å². The second-order valence-electron chi connectivity index (χ2n) is 4.27. The van der Waals surface area contributed by atoms with Crippen LogP contribution in [-0.2, 0) is 26.5 Å². The van der Waals surface area contributed by atoms with Crippen LogP contribution in [0.2, 0.25) is 0 Å². The first-order valence-corrected chi connectivity index (χ1v) is 9.99.